The molecule has 5 aliphatic rings. The highest BCUT2D eigenvalue weighted by Crippen LogP contribution is 2.60. The summed E-state index contributed by atoms with van der Waals surface area (Å²) in [6.07, 6.45) is 25.6. The average Bonchev–Trinajstić information content (AvgIpc) is 1.49. The number of hydrogen-bond acceptors (Lipinski definition) is 6. The number of halogens is 1. The summed E-state index contributed by atoms with van der Waals surface area (Å²) in [5.41, 5.74) is 19.3. The van der Waals surface area contributed by atoms with Crippen LogP contribution in [0.2, 0.25) is 0 Å². The quantitative estimate of drug-likeness (QED) is 0.0657. The zero-order chi connectivity index (χ0) is 73.9. The summed E-state index contributed by atoms with van der Waals surface area (Å²) in [5.74, 6) is 3.42. The Balaban J connectivity index is 0.680. The molecule has 2 saturated carbocycles. The SMILES string of the molecule is CCCCC[C@H]1CC[C@H](c2ccc(-c3ccc(C(=O)Nc4ccc(-c5ccc6c(c5)-c5c(c7c(c8c(F)cc(-c9ccc(NC(=O)c%10ccc(-c%11ccc([C@H]%12CC[C@H](CCCCC)CC%12)cc%11)cc%10)cc9)cc58)OC(c5ccc(OC)cc5)(c5ccc(N8CCOCC8)cc5)C=C7)C6(C)C)cc4)cc3)cc2)CC1. The first kappa shape index (κ1) is 71.9. The number of rotatable bonds is 22. The Morgan fingerprint density at radius 2 is 0.963 bits per heavy atom. The van der Waals surface area contributed by atoms with Crippen molar-refractivity contribution in [1.82, 2.24) is 0 Å². The third-order valence-electron chi connectivity index (χ3n) is 24.7. The summed E-state index contributed by atoms with van der Waals surface area (Å²) in [6.45, 7) is 12.0. The minimum absolute atomic E-state index is 0.176. The highest BCUT2D eigenvalue weighted by molar-refractivity contribution is 6.11. The van der Waals surface area contributed by atoms with Crippen molar-refractivity contribution in [3.63, 3.8) is 0 Å². The van der Waals surface area contributed by atoms with Gasteiger partial charge >= 0.3 is 0 Å². The van der Waals surface area contributed by atoms with Gasteiger partial charge < -0.3 is 29.7 Å². The summed E-state index contributed by atoms with van der Waals surface area (Å²) in [4.78, 5) is 30.2. The standard InChI is InChI=1S/C99H100FN3O5/c1-6-8-10-12-65-14-18-67(19-15-65)69-22-26-71(27-23-69)73-30-34-77(35-31-73)96(104)101-83-47-38-75(39-48-83)79-42-55-90-88(62-79)92-89-63-80(76-40-49-84(50-41-76)102-97(105)78-36-32-74(33-37-78)72-28-24-70(25-29-72)68-20-16-66(17-21-68)13-11-9-7-2)64-91(100)93(89)95-87(94(92)98(90,3)4)56-57-99(108-95,82-45-53-86(106-5)54-46-82)81-43-51-85(52-44-81)103-58-60-107-61-59-103/h22-57,62-68H,6-21,58-61H2,1-5H3,(H,101,104)(H,102,105)/t65-,66-,67-,68-,99?. The van der Waals surface area contributed by atoms with Crippen LogP contribution < -0.4 is 25.0 Å². The smallest absolute Gasteiger partial charge is 0.255 e. The first-order valence-corrected chi connectivity index (χ1v) is 40.0. The van der Waals surface area contributed by atoms with Gasteiger partial charge in [-0.1, -0.05) is 219 Å². The normalized spacial score (nSPS) is 19.2. The molecule has 3 aliphatic carbocycles. The van der Waals surface area contributed by atoms with Crippen LogP contribution in [-0.4, -0.2) is 45.2 Å². The Hall–Kier alpha value is -10.4. The maximum atomic E-state index is 18.4. The molecule has 1 atom stereocenters. The molecule has 2 aliphatic heterocycles. The van der Waals surface area contributed by atoms with E-state index < -0.39 is 16.8 Å². The minimum atomic E-state index is -1.17. The van der Waals surface area contributed by atoms with Gasteiger partial charge in [-0.15, -0.1) is 0 Å². The molecule has 3 fully saturated rings. The number of methoxy groups -OCH3 is 1. The molecule has 2 amide bonds. The molecular formula is C99H100FN3O5. The fourth-order valence-corrected chi connectivity index (χ4v) is 18.3. The molecule has 0 radical (unpaired) electrons. The number of morpholine rings is 1. The van der Waals surface area contributed by atoms with Crippen LogP contribution in [0.1, 0.15) is 202 Å². The first-order valence-electron chi connectivity index (χ1n) is 40.0. The van der Waals surface area contributed by atoms with E-state index in [0.717, 1.165) is 114 Å². The third kappa shape index (κ3) is 14.7. The van der Waals surface area contributed by atoms with Crippen molar-refractivity contribution >= 4 is 45.7 Å². The van der Waals surface area contributed by atoms with Gasteiger partial charge in [-0.25, -0.2) is 4.39 Å². The number of ether oxygens (including phenoxy) is 3. The van der Waals surface area contributed by atoms with Gasteiger partial charge in [-0.3, -0.25) is 9.59 Å². The van der Waals surface area contributed by atoms with Gasteiger partial charge in [-0.05, 0) is 255 Å². The molecule has 2 heterocycles. The van der Waals surface area contributed by atoms with Crippen LogP contribution in [0, 0.1) is 17.7 Å². The van der Waals surface area contributed by atoms with Gasteiger partial charge in [0, 0.05) is 63.4 Å². The van der Waals surface area contributed by atoms with Crippen LogP contribution in [-0.2, 0) is 15.8 Å². The lowest BCUT2D eigenvalue weighted by Crippen LogP contribution is -2.37. The topological polar surface area (TPSA) is 89.1 Å². The van der Waals surface area contributed by atoms with Gasteiger partial charge in [0.25, 0.3) is 11.8 Å². The molecular weight excluding hydrogens is 1330 g/mol. The zero-order valence-corrected chi connectivity index (χ0v) is 63.3. The van der Waals surface area contributed by atoms with E-state index in [9.17, 15) is 9.59 Å². The Bertz CT molecular complexity index is 5050. The van der Waals surface area contributed by atoms with E-state index in [4.69, 9.17) is 14.2 Å². The van der Waals surface area contributed by atoms with Crippen molar-refractivity contribution in [3.8, 4) is 67.1 Å². The number of nitrogens with one attached hydrogen (secondary N) is 2. The number of benzene rings is 11. The second-order valence-corrected chi connectivity index (χ2v) is 31.7. The Kier molecular flexibility index (Phi) is 20.9. The van der Waals surface area contributed by atoms with Crippen molar-refractivity contribution in [2.24, 2.45) is 11.8 Å². The summed E-state index contributed by atoms with van der Waals surface area (Å²) in [5, 5.41) is 7.40. The largest absolute Gasteiger partial charge is 0.497 e. The number of fused-ring (bicyclic) bond motifs is 8. The van der Waals surface area contributed by atoms with E-state index in [0.29, 0.717) is 70.0 Å². The van der Waals surface area contributed by atoms with Crippen LogP contribution in [0.5, 0.6) is 11.5 Å². The fraction of sp³-hybridized carbons (Fsp3) is 0.313. The maximum Gasteiger partial charge on any atom is 0.255 e. The van der Waals surface area contributed by atoms with Crippen LogP contribution in [0.3, 0.4) is 0 Å². The number of carbonyl (C=O) groups excluding carboxylic acids is 2. The van der Waals surface area contributed by atoms with Gasteiger partial charge in [0.2, 0.25) is 0 Å². The number of carbonyl (C=O) groups is 2. The van der Waals surface area contributed by atoms with E-state index in [2.05, 4.69) is 165 Å². The highest BCUT2D eigenvalue weighted by atomic mass is 19.1. The number of amides is 2. The van der Waals surface area contributed by atoms with Crippen molar-refractivity contribution in [1.29, 1.82) is 0 Å². The molecule has 8 nitrogen and oxygen atoms in total. The summed E-state index contributed by atoms with van der Waals surface area (Å²) in [7, 11) is 1.66. The molecule has 548 valence electrons. The molecule has 9 heteroatoms. The maximum absolute atomic E-state index is 18.4. The molecule has 16 rings (SSSR count). The summed E-state index contributed by atoms with van der Waals surface area (Å²) >= 11 is 0. The van der Waals surface area contributed by atoms with Gasteiger partial charge in [0.1, 0.15) is 17.3 Å². The lowest BCUT2D eigenvalue weighted by molar-refractivity contribution is 0.101. The van der Waals surface area contributed by atoms with Crippen molar-refractivity contribution in [3.05, 3.63) is 286 Å². The van der Waals surface area contributed by atoms with E-state index in [1.54, 1.807) is 13.2 Å². The van der Waals surface area contributed by atoms with Gasteiger partial charge in [0.15, 0.2) is 5.60 Å². The van der Waals surface area contributed by atoms with Crippen molar-refractivity contribution < 1.29 is 28.2 Å². The Labute approximate surface area is 637 Å². The van der Waals surface area contributed by atoms with Gasteiger partial charge in [-0.2, -0.15) is 0 Å². The monoisotopic (exact) mass is 1430 g/mol. The molecule has 108 heavy (non-hydrogen) atoms. The number of hydrogen-bond donors (Lipinski definition) is 2. The summed E-state index contributed by atoms with van der Waals surface area (Å²) < 4.78 is 37.6. The third-order valence-corrected chi connectivity index (χ3v) is 24.7. The van der Waals surface area contributed by atoms with Crippen molar-refractivity contribution in [2.45, 2.75) is 153 Å². The van der Waals surface area contributed by atoms with E-state index >= 15 is 4.39 Å². The first-order chi connectivity index (χ1) is 52.8. The average molecular weight is 1430 g/mol. The number of anilines is 3. The second kappa shape index (κ2) is 31.5. The van der Waals surface area contributed by atoms with Crippen molar-refractivity contribution in [2.75, 3.05) is 48.9 Å². The summed E-state index contributed by atoms with van der Waals surface area (Å²) in [6, 6.07) is 76.6. The van der Waals surface area contributed by atoms with Crippen LogP contribution in [0.15, 0.2) is 231 Å². The minimum Gasteiger partial charge on any atom is -0.497 e. The predicted molar refractivity (Wildman–Crippen MR) is 443 cm³/mol. The molecule has 0 spiro atoms. The second-order valence-electron chi connectivity index (χ2n) is 31.7. The number of unbranched alkanes of at least 4 members (excludes halogenated alkanes) is 4. The zero-order valence-electron chi connectivity index (χ0n) is 63.3. The molecule has 0 aromatic heterocycles. The molecule has 11 aromatic rings. The lowest BCUT2D eigenvalue weighted by atomic mass is 9.76. The lowest BCUT2D eigenvalue weighted by Gasteiger charge is -2.39. The Morgan fingerprint density at radius 3 is 1.45 bits per heavy atom. The van der Waals surface area contributed by atoms with E-state index in [1.807, 2.05) is 109 Å². The van der Waals surface area contributed by atoms with Crippen LogP contribution in [0.4, 0.5) is 21.5 Å². The molecule has 2 N–H and O–H groups in total. The predicted octanol–water partition coefficient (Wildman–Crippen LogP) is 25.4. The fourth-order valence-electron chi connectivity index (χ4n) is 18.3. The van der Waals surface area contributed by atoms with E-state index in [-0.39, 0.29) is 11.8 Å². The van der Waals surface area contributed by atoms with Crippen LogP contribution >= 0.6 is 0 Å². The van der Waals surface area contributed by atoms with Gasteiger partial charge in [0.05, 0.1) is 25.7 Å². The molecule has 1 unspecified atom stereocenters. The van der Waals surface area contributed by atoms with Crippen LogP contribution in [0.25, 0.3) is 72.5 Å². The Morgan fingerprint density at radius 1 is 0.509 bits per heavy atom. The molecule has 1 saturated heterocycles. The highest BCUT2D eigenvalue weighted by Gasteiger charge is 2.45. The number of nitrogens with zero attached hydrogens (tertiary/aromatic N) is 1. The molecule has 0 bridgehead atoms. The van der Waals surface area contributed by atoms with E-state index in [1.165, 1.54) is 114 Å². The molecule has 11 aromatic carbocycles.